The topological polar surface area (TPSA) is 74.2 Å². The SMILES string of the molecule is CCc1ccc(OC)c(-c2nnc(N)o2)c1. The summed E-state index contributed by atoms with van der Waals surface area (Å²) in [6.07, 6.45) is 0.931. The van der Waals surface area contributed by atoms with Crippen molar-refractivity contribution >= 4 is 6.01 Å². The van der Waals surface area contributed by atoms with E-state index in [1.807, 2.05) is 18.2 Å². The van der Waals surface area contributed by atoms with Crippen LogP contribution >= 0.6 is 0 Å². The van der Waals surface area contributed by atoms with Gasteiger partial charge in [0, 0.05) is 0 Å². The molecule has 2 rings (SSSR count). The molecular formula is C11H13N3O2. The van der Waals surface area contributed by atoms with Crippen LogP contribution in [0.1, 0.15) is 12.5 Å². The molecule has 0 saturated carbocycles. The van der Waals surface area contributed by atoms with Gasteiger partial charge in [0.2, 0.25) is 0 Å². The van der Waals surface area contributed by atoms with Gasteiger partial charge < -0.3 is 14.9 Å². The molecule has 84 valence electrons. The molecule has 1 aromatic heterocycles. The number of hydrogen-bond donors (Lipinski definition) is 1. The Kier molecular flexibility index (Phi) is 2.76. The average Bonchev–Trinajstić information content (AvgIpc) is 2.75. The summed E-state index contributed by atoms with van der Waals surface area (Å²) in [5.74, 6) is 1.07. The maximum Gasteiger partial charge on any atom is 0.313 e. The second-order valence-corrected chi connectivity index (χ2v) is 3.33. The first-order valence-corrected chi connectivity index (χ1v) is 5.01. The second kappa shape index (κ2) is 4.22. The van der Waals surface area contributed by atoms with Crippen molar-refractivity contribution in [3.63, 3.8) is 0 Å². The first-order valence-electron chi connectivity index (χ1n) is 5.01. The molecule has 5 nitrogen and oxygen atoms in total. The Balaban J connectivity index is 2.52. The van der Waals surface area contributed by atoms with Crippen molar-refractivity contribution in [1.29, 1.82) is 0 Å². The zero-order chi connectivity index (χ0) is 11.5. The van der Waals surface area contributed by atoms with E-state index in [1.54, 1.807) is 7.11 Å². The van der Waals surface area contributed by atoms with Crippen LogP contribution in [0.3, 0.4) is 0 Å². The van der Waals surface area contributed by atoms with Crippen molar-refractivity contribution in [3.05, 3.63) is 23.8 Å². The van der Waals surface area contributed by atoms with E-state index in [9.17, 15) is 0 Å². The molecule has 0 aliphatic rings. The molecule has 0 unspecified atom stereocenters. The molecule has 16 heavy (non-hydrogen) atoms. The third-order valence-electron chi connectivity index (χ3n) is 2.34. The minimum absolute atomic E-state index is 0.0546. The summed E-state index contributed by atoms with van der Waals surface area (Å²) in [4.78, 5) is 0. The summed E-state index contributed by atoms with van der Waals surface area (Å²) in [5, 5.41) is 7.48. The summed E-state index contributed by atoms with van der Waals surface area (Å²) in [6, 6.07) is 5.90. The van der Waals surface area contributed by atoms with E-state index < -0.39 is 0 Å². The van der Waals surface area contributed by atoms with E-state index in [1.165, 1.54) is 5.56 Å². The van der Waals surface area contributed by atoms with Crippen molar-refractivity contribution in [2.45, 2.75) is 13.3 Å². The normalized spacial score (nSPS) is 10.4. The largest absolute Gasteiger partial charge is 0.496 e. The van der Waals surface area contributed by atoms with Crippen LogP contribution in [-0.4, -0.2) is 17.3 Å². The fourth-order valence-electron chi connectivity index (χ4n) is 1.49. The molecule has 0 aliphatic heterocycles. The Hall–Kier alpha value is -2.04. The van der Waals surface area contributed by atoms with Gasteiger partial charge in [-0.25, -0.2) is 0 Å². The Morgan fingerprint density at radius 3 is 2.75 bits per heavy atom. The van der Waals surface area contributed by atoms with Crippen molar-refractivity contribution in [2.75, 3.05) is 12.8 Å². The highest BCUT2D eigenvalue weighted by atomic mass is 16.5. The maximum absolute atomic E-state index is 5.40. The number of methoxy groups -OCH3 is 1. The molecular weight excluding hydrogens is 206 g/mol. The molecule has 2 N–H and O–H groups in total. The third-order valence-corrected chi connectivity index (χ3v) is 2.34. The minimum atomic E-state index is 0.0546. The summed E-state index contributed by atoms with van der Waals surface area (Å²) < 4.78 is 10.4. The van der Waals surface area contributed by atoms with Gasteiger partial charge in [0.15, 0.2) is 0 Å². The van der Waals surface area contributed by atoms with Crippen LogP contribution in [-0.2, 0) is 6.42 Å². The predicted molar refractivity (Wildman–Crippen MR) is 60.1 cm³/mol. The number of nitrogens with zero attached hydrogens (tertiary/aromatic N) is 2. The standard InChI is InChI=1S/C11H13N3O2/c1-3-7-4-5-9(15-2)8(6-7)10-13-14-11(12)16-10/h4-6H,3H2,1-2H3,(H2,12,14). The van der Waals surface area contributed by atoms with Crippen molar-refractivity contribution in [3.8, 4) is 17.2 Å². The highest BCUT2D eigenvalue weighted by molar-refractivity contribution is 5.64. The Bertz CT molecular complexity index is 494. The fourth-order valence-corrected chi connectivity index (χ4v) is 1.49. The number of benzene rings is 1. The van der Waals surface area contributed by atoms with E-state index in [2.05, 4.69) is 17.1 Å². The molecule has 5 heteroatoms. The van der Waals surface area contributed by atoms with Crippen LogP contribution in [0.25, 0.3) is 11.5 Å². The minimum Gasteiger partial charge on any atom is -0.496 e. The van der Waals surface area contributed by atoms with Crippen LogP contribution in [0.2, 0.25) is 0 Å². The lowest BCUT2D eigenvalue weighted by molar-refractivity contribution is 0.414. The van der Waals surface area contributed by atoms with E-state index in [4.69, 9.17) is 14.9 Å². The van der Waals surface area contributed by atoms with Crippen molar-refractivity contribution in [2.24, 2.45) is 0 Å². The summed E-state index contributed by atoms with van der Waals surface area (Å²) >= 11 is 0. The summed E-state index contributed by atoms with van der Waals surface area (Å²) in [6.45, 7) is 2.08. The zero-order valence-electron chi connectivity index (χ0n) is 9.23. The lowest BCUT2D eigenvalue weighted by atomic mass is 10.1. The molecule has 0 aliphatic carbocycles. The molecule has 1 heterocycles. The highest BCUT2D eigenvalue weighted by Gasteiger charge is 2.12. The molecule has 1 aromatic carbocycles. The van der Waals surface area contributed by atoms with E-state index in [-0.39, 0.29) is 6.01 Å². The number of hydrogen-bond acceptors (Lipinski definition) is 5. The number of nitrogen functional groups attached to an aromatic ring is 1. The Morgan fingerprint density at radius 2 is 2.19 bits per heavy atom. The van der Waals surface area contributed by atoms with E-state index in [0.29, 0.717) is 11.6 Å². The molecule has 0 bridgehead atoms. The van der Waals surface area contributed by atoms with Gasteiger partial charge in [-0.15, -0.1) is 5.10 Å². The molecule has 0 radical (unpaired) electrons. The Morgan fingerprint density at radius 1 is 1.38 bits per heavy atom. The quantitative estimate of drug-likeness (QED) is 0.853. The van der Waals surface area contributed by atoms with E-state index >= 15 is 0 Å². The lowest BCUT2D eigenvalue weighted by Gasteiger charge is -2.06. The van der Waals surface area contributed by atoms with Gasteiger partial charge >= 0.3 is 6.01 Å². The number of nitrogens with two attached hydrogens (primary N) is 1. The fraction of sp³-hybridized carbons (Fsp3) is 0.273. The van der Waals surface area contributed by atoms with Gasteiger partial charge in [-0.3, -0.25) is 0 Å². The summed E-state index contributed by atoms with van der Waals surface area (Å²) in [7, 11) is 1.60. The zero-order valence-corrected chi connectivity index (χ0v) is 9.23. The molecule has 0 spiro atoms. The smallest absolute Gasteiger partial charge is 0.313 e. The van der Waals surface area contributed by atoms with Crippen LogP contribution in [0.15, 0.2) is 22.6 Å². The number of aryl methyl sites for hydroxylation is 1. The van der Waals surface area contributed by atoms with Crippen molar-refractivity contribution in [1.82, 2.24) is 10.2 Å². The van der Waals surface area contributed by atoms with Crippen LogP contribution < -0.4 is 10.5 Å². The summed E-state index contributed by atoms with van der Waals surface area (Å²) in [5.41, 5.74) is 7.34. The lowest BCUT2D eigenvalue weighted by Crippen LogP contribution is -1.90. The average molecular weight is 219 g/mol. The van der Waals surface area contributed by atoms with Crippen LogP contribution in [0, 0.1) is 0 Å². The Labute approximate surface area is 93.2 Å². The number of anilines is 1. The second-order valence-electron chi connectivity index (χ2n) is 3.33. The molecule has 0 fully saturated rings. The number of ether oxygens (including phenoxy) is 1. The van der Waals surface area contributed by atoms with Gasteiger partial charge in [0.25, 0.3) is 5.89 Å². The van der Waals surface area contributed by atoms with Crippen LogP contribution in [0.5, 0.6) is 5.75 Å². The first kappa shape index (κ1) is 10.5. The van der Waals surface area contributed by atoms with Gasteiger partial charge in [-0.2, -0.15) is 0 Å². The molecule has 0 saturated heterocycles. The van der Waals surface area contributed by atoms with Crippen LogP contribution in [0.4, 0.5) is 6.01 Å². The molecule has 2 aromatic rings. The predicted octanol–water partition coefficient (Wildman–Crippen LogP) is 1.89. The molecule has 0 atom stereocenters. The van der Waals surface area contributed by atoms with Gasteiger partial charge in [0.05, 0.1) is 12.7 Å². The number of rotatable bonds is 3. The van der Waals surface area contributed by atoms with Gasteiger partial charge in [-0.05, 0) is 24.1 Å². The van der Waals surface area contributed by atoms with E-state index in [0.717, 1.165) is 12.0 Å². The van der Waals surface area contributed by atoms with Gasteiger partial charge in [0.1, 0.15) is 5.75 Å². The van der Waals surface area contributed by atoms with Crippen molar-refractivity contribution < 1.29 is 9.15 Å². The first-order chi connectivity index (χ1) is 7.74. The monoisotopic (exact) mass is 219 g/mol. The molecule has 0 amide bonds. The number of aromatic nitrogens is 2. The maximum atomic E-state index is 5.40. The highest BCUT2D eigenvalue weighted by Crippen LogP contribution is 2.30. The third kappa shape index (κ3) is 1.84. The van der Waals surface area contributed by atoms with Gasteiger partial charge in [-0.1, -0.05) is 18.1 Å².